The van der Waals surface area contributed by atoms with Gasteiger partial charge in [0.1, 0.15) is 0 Å². The molecule has 226 valence electrons. The van der Waals surface area contributed by atoms with E-state index < -0.39 is 29.1 Å². The van der Waals surface area contributed by atoms with E-state index in [4.69, 9.17) is 15.2 Å². The molecule has 40 heavy (non-hydrogen) atoms. The van der Waals surface area contributed by atoms with Crippen LogP contribution in [0.4, 0.5) is 10.5 Å². The number of carbonyl (C=O) groups excluding carboxylic acids is 3. The number of alkyl carbamates (subject to hydrolysis) is 1. The number of aliphatic hydroxyl groups is 1. The SMILES string of the molecule is COC(=O)NC1Cc2ccccc2N(C(=O)CC(C)(C)C[C@H](N)[C@@H](O)CNC(=O)C(C)(C)C2CCOCC2)C1.Cl. The minimum Gasteiger partial charge on any atom is -0.453 e. The predicted molar refractivity (Wildman–Crippen MR) is 156 cm³/mol. The number of aliphatic hydroxyl groups excluding tert-OH is 1. The molecule has 0 bridgehead atoms. The van der Waals surface area contributed by atoms with E-state index in [1.165, 1.54) is 7.11 Å². The van der Waals surface area contributed by atoms with Crippen LogP contribution in [-0.4, -0.2) is 74.6 Å². The molecule has 5 N–H and O–H groups in total. The third kappa shape index (κ3) is 8.80. The lowest BCUT2D eigenvalue weighted by Crippen LogP contribution is -2.51. The standard InChI is InChI=1S/C29H46N4O6.ClH/c1-28(2,15-22(30)24(34)17-31-26(36)29(3,4)20-10-12-39-13-11-20)16-25(35)33-18-21(32-27(37)38-5)14-19-8-6-7-9-23(19)33;/h6-9,20-22,24,34H,10-18,30H2,1-5H3,(H,31,36)(H,32,37);1H/t21?,22-,24-;/m0./s1. The first-order valence-corrected chi connectivity index (χ1v) is 13.9. The van der Waals surface area contributed by atoms with Crippen molar-refractivity contribution in [1.82, 2.24) is 10.6 Å². The van der Waals surface area contributed by atoms with Crippen molar-refractivity contribution in [2.75, 3.05) is 38.3 Å². The minimum absolute atomic E-state index is 0. The lowest BCUT2D eigenvalue weighted by Gasteiger charge is -2.37. The summed E-state index contributed by atoms with van der Waals surface area (Å²) >= 11 is 0. The van der Waals surface area contributed by atoms with Crippen LogP contribution in [0.5, 0.6) is 0 Å². The average Bonchev–Trinajstić information content (AvgIpc) is 2.90. The van der Waals surface area contributed by atoms with Gasteiger partial charge in [0.15, 0.2) is 0 Å². The molecule has 0 spiro atoms. The van der Waals surface area contributed by atoms with E-state index in [-0.39, 0.29) is 49.1 Å². The largest absolute Gasteiger partial charge is 0.453 e. The number of fused-ring (bicyclic) bond motifs is 1. The van der Waals surface area contributed by atoms with Crippen LogP contribution in [0.15, 0.2) is 24.3 Å². The second-order valence-electron chi connectivity index (χ2n) is 12.3. The van der Waals surface area contributed by atoms with Crippen molar-refractivity contribution in [2.24, 2.45) is 22.5 Å². The molecular formula is C29H47ClN4O6. The highest BCUT2D eigenvalue weighted by Gasteiger charge is 2.38. The molecule has 0 radical (unpaired) electrons. The molecular weight excluding hydrogens is 536 g/mol. The molecule has 2 heterocycles. The molecule has 0 aliphatic carbocycles. The predicted octanol–water partition coefficient (Wildman–Crippen LogP) is 2.79. The number of para-hydroxylation sites is 1. The fraction of sp³-hybridized carbons (Fsp3) is 0.690. The molecule has 1 saturated heterocycles. The molecule has 3 amide bonds. The topological polar surface area (TPSA) is 143 Å². The number of amides is 3. The van der Waals surface area contributed by atoms with Crippen LogP contribution in [0.25, 0.3) is 0 Å². The van der Waals surface area contributed by atoms with Crippen LogP contribution < -0.4 is 21.3 Å². The molecule has 1 aromatic carbocycles. The number of carbonyl (C=O) groups is 3. The number of nitrogens with zero attached hydrogens (tertiary/aromatic N) is 1. The van der Waals surface area contributed by atoms with Crippen molar-refractivity contribution in [1.29, 1.82) is 0 Å². The third-order valence-corrected chi connectivity index (χ3v) is 8.17. The van der Waals surface area contributed by atoms with E-state index in [9.17, 15) is 19.5 Å². The third-order valence-electron chi connectivity index (χ3n) is 8.17. The summed E-state index contributed by atoms with van der Waals surface area (Å²) in [5.41, 5.74) is 7.09. The van der Waals surface area contributed by atoms with Crippen molar-refractivity contribution in [3.8, 4) is 0 Å². The van der Waals surface area contributed by atoms with Gasteiger partial charge in [-0.2, -0.15) is 0 Å². The van der Waals surface area contributed by atoms with Crippen LogP contribution >= 0.6 is 12.4 Å². The summed E-state index contributed by atoms with van der Waals surface area (Å²) in [6.07, 6.45) is 1.40. The summed E-state index contributed by atoms with van der Waals surface area (Å²) in [7, 11) is 1.31. The van der Waals surface area contributed by atoms with Gasteiger partial charge in [0.25, 0.3) is 0 Å². The summed E-state index contributed by atoms with van der Waals surface area (Å²) in [6.45, 7) is 9.48. The lowest BCUT2D eigenvalue weighted by atomic mass is 9.74. The maximum absolute atomic E-state index is 13.5. The Bertz CT molecular complexity index is 1010. The minimum atomic E-state index is -0.946. The fourth-order valence-electron chi connectivity index (χ4n) is 5.69. The van der Waals surface area contributed by atoms with Gasteiger partial charge < -0.3 is 35.8 Å². The lowest BCUT2D eigenvalue weighted by molar-refractivity contribution is -0.134. The Labute approximate surface area is 244 Å². The number of nitrogens with two attached hydrogens (primary N) is 1. The van der Waals surface area contributed by atoms with Crippen LogP contribution in [0, 0.1) is 16.7 Å². The van der Waals surface area contributed by atoms with Crippen molar-refractivity contribution >= 4 is 36.0 Å². The first kappa shape index (κ1) is 33.8. The number of anilines is 1. The molecule has 2 aliphatic heterocycles. The maximum atomic E-state index is 13.5. The summed E-state index contributed by atoms with van der Waals surface area (Å²) in [6, 6.07) is 6.78. The molecule has 1 unspecified atom stereocenters. The van der Waals surface area contributed by atoms with E-state index >= 15 is 0 Å². The number of ether oxygens (including phenoxy) is 2. The quantitative estimate of drug-likeness (QED) is 0.332. The number of methoxy groups -OCH3 is 1. The second-order valence-corrected chi connectivity index (χ2v) is 12.3. The Hall–Kier alpha value is -2.40. The van der Waals surface area contributed by atoms with Crippen molar-refractivity contribution in [2.45, 2.75) is 78.0 Å². The van der Waals surface area contributed by atoms with Gasteiger partial charge in [0, 0.05) is 49.9 Å². The van der Waals surface area contributed by atoms with E-state index in [1.54, 1.807) is 4.90 Å². The summed E-state index contributed by atoms with van der Waals surface area (Å²) in [5.74, 6) is 0.0373. The molecule has 0 aromatic heterocycles. The highest BCUT2D eigenvalue weighted by molar-refractivity contribution is 5.95. The van der Waals surface area contributed by atoms with E-state index in [0.29, 0.717) is 32.6 Å². The van der Waals surface area contributed by atoms with Gasteiger partial charge in [-0.15, -0.1) is 12.4 Å². The summed E-state index contributed by atoms with van der Waals surface area (Å²) in [5, 5.41) is 16.4. The first-order chi connectivity index (χ1) is 18.3. The van der Waals surface area contributed by atoms with Gasteiger partial charge in [0.2, 0.25) is 11.8 Å². The van der Waals surface area contributed by atoms with Gasteiger partial charge >= 0.3 is 6.09 Å². The van der Waals surface area contributed by atoms with Crippen molar-refractivity contribution in [3.05, 3.63) is 29.8 Å². The second kappa shape index (κ2) is 14.5. The number of rotatable bonds is 10. The Kier molecular flexibility index (Phi) is 12.2. The van der Waals surface area contributed by atoms with Crippen molar-refractivity contribution in [3.63, 3.8) is 0 Å². The number of halogens is 1. The van der Waals surface area contributed by atoms with E-state index in [0.717, 1.165) is 24.1 Å². The molecule has 2 aliphatic rings. The smallest absolute Gasteiger partial charge is 0.407 e. The fourth-order valence-corrected chi connectivity index (χ4v) is 5.69. The van der Waals surface area contributed by atoms with Crippen LogP contribution in [0.2, 0.25) is 0 Å². The normalized spacial score (nSPS) is 19.5. The zero-order chi connectivity index (χ0) is 28.8. The van der Waals surface area contributed by atoms with Crippen LogP contribution in [0.1, 0.15) is 58.9 Å². The number of hydrogen-bond acceptors (Lipinski definition) is 7. The highest BCUT2D eigenvalue weighted by atomic mass is 35.5. The zero-order valence-electron chi connectivity index (χ0n) is 24.4. The van der Waals surface area contributed by atoms with Gasteiger partial charge in [-0.25, -0.2) is 4.79 Å². The van der Waals surface area contributed by atoms with E-state index in [1.807, 2.05) is 52.0 Å². The highest BCUT2D eigenvalue weighted by Crippen LogP contribution is 2.35. The molecule has 1 fully saturated rings. The number of nitrogens with one attached hydrogen (secondary N) is 2. The summed E-state index contributed by atoms with van der Waals surface area (Å²) in [4.78, 5) is 40.0. The molecule has 3 atom stereocenters. The zero-order valence-corrected chi connectivity index (χ0v) is 25.2. The van der Waals surface area contributed by atoms with E-state index in [2.05, 4.69) is 10.6 Å². The molecule has 10 nitrogen and oxygen atoms in total. The Balaban J connectivity index is 0.00000560. The van der Waals surface area contributed by atoms with Gasteiger partial charge in [-0.1, -0.05) is 45.9 Å². The maximum Gasteiger partial charge on any atom is 0.407 e. The van der Waals surface area contributed by atoms with Gasteiger partial charge in [-0.05, 0) is 48.6 Å². The average molecular weight is 583 g/mol. The van der Waals surface area contributed by atoms with Crippen LogP contribution in [0.3, 0.4) is 0 Å². The van der Waals surface area contributed by atoms with Crippen molar-refractivity contribution < 1.29 is 29.0 Å². The summed E-state index contributed by atoms with van der Waals surface area (Å²) < 4.78 is 10.2. The Morgan fingerprint density at radius 3 is 2.48 bits per heavy atom. The number of hydrogen-bond donors (Lipinski definition) is 4. The van der Waals surface area contributed by atoms with Crippen LogP contribution in [-0.2, 0) is 25.5 Å². The number of benzene rings is 1. The molecule has 11 heteroatoms. The Morgan fingerprint density at radius 1 is 1.18 bits per heavy atom. The van der Waals surface area contributed by atoms with Gasteiger partial charge in [-0.3, -0.25) is 9.59 Å². The van der Waals surface area contributed by atoms with Gasteiger partial charge in [0.05, 0.1) is 19.3 Å². The molecule has 0 saturated carbocycles. The first-order valence-electron chi connectivity index (χ1n) is 13.9. The molecule has 3 rings (SSSR count). The molecule has 1 aromatic rings. The monoisotopic (exact) mass is 582 g/mol. The Morgan fingerprint density at radius 2 is 1.82 bits per heavy atom.